The number of amides is 3. The van der Waals surface area contributed by atoms with E-state index in [1.54, 1.807) is 51.7 Å². The molecule has 0 saturated carbocycles. The summed E-state index contributed by atoms with van der Waals surface area (Å²) in [5.74, 6) is -0.886. The van der Waals surface area contributed by atoms with Gasteiger partial charge < -0.3 is 30.3 Å². The summed E-state index contributed by atoms with van der Waals surface area (Å²) in [5, 5.41) is 11.0. The largest absolute Gasteiger partial charge is 0.361 e. The molecule has 0 aliphatic carbocycles. The Hall–Kier alpha value is -4.81. The van der Waals surface area contributed by atoms with Gasteiger partial charge in [-0.15, -0.1) is 0 Å². The fourth-order valence-corrected chi connectivity index (χ4v) is 6.04. The normalized spacial score (nSPS) is 17.1. The van der Waals surface area contributed by atoms with E-state index in [1.807, 2.05) is 60.8 Å². The summed E-state index contributed by atoms with van der Waals surface area (Å²) in [5.41, 5.74) is -0.774. The number of fused-ring (bicyclic) bond motifs is 1. The second kappa shape index (κ2) is 13.5. The van der Waals surface area contributed by atoms with Gasteiger partial charge in [-0.1, -0.05) is 48.5 Å². The lowest BCUT2D eigenvalue weighted by Gasteiger charge is -2.37. The Balaban J connectivity index is 1.44. The topological polar surface area (TPSA) is 150 Å². The molecule has 5 rings (SSSR count). The molecule has 47 heavy (non-hydrogen) atoms. The molecule has 1 aliphatic heterocycles. The number of aromatic nitrogens is 3. The van der Waals surface area contributed by atoms with Crippen molar-refractivity contribution in [3.63, 3.8) is 0 Å². The van der Waals surface area contributed by atoms with Gasteiger partial charge in [-0.2, -0.15) is 0 Å². The smallest absolute Gasteiger partial charge is 0.248 e. The van der Waals surface area contributed by atoms with Crippen molar-refractivity contribution in [2.45, 2.75) is 82.6 Å². The van der Waals surface area contributed by atoms with Crippen LogP contribution in [0.1, 0.15) is 58.6 Å². The zero-order valence-corrected chi connectivity index (χ0v) is 27.4. The van der Waals surface area contributed by atoms with Gasteiger partial charge in [0.15, 0.2) is 12.1 Å². The number of anilines is 1. The first-order valence-electron chi connectivity index (χ1n) is 15.8. The molecule has 248 valence electrons. The van der Waals surface area contributed by atoms with Gasteiger partial charge >= 0.3 is 0 Å². The first-order chi connectivity index (χ1) is 22.4. The van der Waals surface area contributed by atoms with Gasteiger partial charge in [0.2, 0.25) is 18.2 Å². The van der Waals surface area contributed by atoms with Crippen molar-refractivity contribution in [2.75, 3.05) is 11.9 Å². The van der Waals surface area contributed by atoms with E-state index in [2.05, 4.69) is 25.9 Å². The molecule has 1 fully saturated rings. The SMILES string of the molecule is CC(C)(C)ON(C=O)C(C)(C)C(=O)N[C@H](Cc1c[nH]c2ccccc12)C(=O)Nc1cn(C(C=O)(c2ccccc2)C2CCCN2)cn1. The highest BCUT2D eigenvalue weighted by atomic mass is 16.7. The van der Waals surface area contributed by atoms with Crippen LogP contribution in [0.2, 0.25) is 0 Å². The molecule has 3 atom stereocenters. The van der Waals surface area contributed by atoms with Crippen molar-refractivity contribution in [2.24, 2.45) is 0 Å². The van der Waals surface area contributed by atoms with Gasteiger partial charge in [0, 0.05) is 35.8 Å². The number of carbonyl (C=O) groups excluding carboxylic acids is 4. The maximum Gasteiger partial charge on any atom is 0.248 e. The molecule has 0 bridgehead atoms. The third-order valence-electron chi connectivity index (χ3n) is 8.56. The van der Waals surface area contributed by atoms with Gasteiger partial charge in [0.25, 0.3) is 0 Å². The molecular formula is C35H43N7O5. The van der Waals surface area contributed by atoms with Gasteiger partial charge in [-0.05, 0) is 71.2 Å². The van der Waals surface area contributed by atoms with Crippen LogP contribution in [0.3, 0.4) is 0 Å². The van der Waals surface area contributed by atoms with Gasteiger partial charge in [0.05, 0.1) is 11.9 Å². The number of para-hydroxylation sites is 1. The number of benzene rings is 2. The molecule has 12 heteroatoms. The Kier molecular flexibility index (Phi) is 9.64. The quantitative estimate of drug-likeness (QED) is 0.128. The van der Waals surface area contributed by atoms with Crippen molar-refractivity contribution in [1.82, 2.24) is 30.2 Å². The molecule has 4 N–H and O–H groups in total. The molecule has 12 nitrogen and oxygen atoms in total. The number of carbonyl (C=O) groups is 4. The number of hydrogen-bond donors (Lipinski definition) is 4. The predicted molar refractivity (Wildman–Crippen MR) is 178 cm³/mol. The third kappa shape index (κ3) is 6.98. The van der Waals surface area contributed by atoms with Crippen LogP contribution in [0.4, 0.5) is 5.82 Å². The summed E-state index contributed by atoms with van der Waals surface area (Å²) in [7, 11) is 0. The molecule has 2 unspecified atom stereocenters. The zero-order chi connectivity index (χ0) is 33.8. The van der Waals surface area contributed by atoms with Crippen LogP contribution in [0.15, 0.2) is 73.3 Å². The maximum atomic E-state index is 14.0. The minimum absolute atomic E-state index is 0.147. The van der Waals surface area contributed by atoms with Crippen LogP contribution < -0.4 is 16.0 Å². The molecule has 3 amide bonds. The molecule has 0 spiro atoms. The molecule has 1 saturated heterocycles. The highest BCUT2D eigenvalue weighted by Crippen LogP contribution is 2.33. The summed E-state index contributed by atoms with van der Waals surface area (Å²) in [4.78, 5) is 66.1. The summed E-state index contributed by atoms with van der Waals surface area (Å²) >= 11 is 0. The van der Waals surface area contributed by atoms with Gasteiger partial charge in [0.1, 0.15) is 17.1 Å². The van der Waals surface area contributed by atoms with E-state index in [9.17, 15) is 19.2 Å². The monoisotopic (exact) mass is 641 g/mol. The lowest BCUT2D eigenvalue weighted by atomic mass is 9.82. The van der Waals surface area contributed by atoms with E-state index in [0.717, 1.165) is 52.8 Å². The second-order valence-corrected chi connectivity index (χ2v) is 13.4. The summed E-state index contributed by atoms with van der Waals surface area (Å²) in [6.45, 7) is 9.19. The minimum atomic E-state index is -1.46. The van der Waals surface area contributed by atoms with Crippen molar-refractivity contribution < 1.29 is 24.0 Å². The Labute approximate surface area is 274 Å². The number of nitrogens with zero attached hydrogens (tertiary/aromatic N) is 3. The van der Waals surface area contributed by atoms with E-state index in [0.29, 0.717) is 6.41 Å². The number of aromatic amines is 1. The summed E-state index contributed by atoms with van der Waals surface area (Å²) in [6, 6.07) is 15.9. The van der Waals surface area contributed by atoms with E-state index in [1.165, 1.54) is 0 Å². The molecule has 0 radical (unpaired) electrons. The van der Waals surface area contributed by atoms with Crippen molar-refractivity contribution in [3.05, 3.63) is 84.4 Å². The Morgan fingerprint density at radius 2 is 1.81 bits per heavy atom. The van der Waals surface area contributed by atoms with E-state index < -0.39 is 34.5 Å². The van der Waals surface area contributed by atoms with E-state index in [-0.39, 0.29) is 18.3 Å². The first kappa shape index (κ1) is 33.6. The number of aldehydes is 1. The Morgan fingerprint density at radius 1 is 1.09 bits per heavy atom. The molecule has 3 heterocycles. The Bertz CT molecular complexity index is 1720. The van der Waals surface area contributed by atoms with Crippen molar-refractivity contribution >= 4 is 41.2 Å². The number of nitrogens with one attached hydrogen (secondary N) is 4. The number of rotatable bonds is 13. The average molecular weight is 642 g/mol. The lowest BCUT2D eigenvalue weighted by Crippen LogP contribution is -2.59. The second-order valence-electron chi connectivity index (χ2n) is 13.4. The number of imidazole rings is 1. The fraction of sp³-hybridized carbons (Fsp3) is 0.400. The highest BCUT2D eigenvalue weighted by Gasteiger charge is 2.44. The number of hydrogen-bond acceptors (Lipinski definition) is 7. The number of H-pyrrole nitrogens is 1. The molecule has 2 aromatic heterocycles. The first-order valence-corrected chi connectivity index (χ1v) is 15.8. The minimum Gasteiger partial charge on any atom is -0.361 e. The average Bonchev–Trinajstić information content (AvgIpc) is 3.83. The fourth-order valence-electron chi connectivity index (χ4n) is 6.04. The maximum absolute atomic E-state index is 14.0. The van der Waals surface area contributed by atoms with Gasteiger partial charge in [-0.25, -0.2) is 10.0 Å². The van der Waals surface area contributed by atoms with Crippen molar-refractivity contribution in [1.29, 1.82) is 0 Å². The highest BCUT2D eigenvalue weighted by molar-refractivity contribution is 5.99. The summed E-state index contributed by atoms with van der Waals surface area (Å²) < 4.78 is 1.73. The van der Waals surface area contributed by atoms with Crippen LogP contribution in [0.5, 0.6) is 0 Å². The van der Waals surface area contributed by atoms with Crippen LogP contribution >= 0.6 is 0 Å². The van der Waals surface area contributed by atoms with E-state index >= 15 is 0 Å². The third-order valence-corrected chi connectivity index (χ3v) is 8.56. The standard InChI is InChI=1S/C35H43N7O5/c1-33(2,3)47-42(23-44)34(4,5)32(46)39-28(18-24-19-37-27-15-10-9-14-26(24)27)31(45)40-30-20-41(22-38-30)35(21-43,29-16-11-17-36-29)25-12-7-6-8-13-25/h6-10,12-15,19-23,28-29,36-37H,11,16-18H2,1-5H3,(H,39,46)(H,40,45)/t28-,29?,35?/m1/s1. The van der Waals surface area contributed by atoms with Gasteiger partial charge in [-0.3, -0.25) is 19.2 Å². The molecule has 1 aliphatic rings. The zero-order valence-electron chi connectivity index (χ0n) is 27.4. The van der Waals surface area contributed by atoms with Crippen LogP contribution in [-0.2, 0) is 36.0 Å². The van der Waals surface area contributed by atoms with Crippen molar-refractivity contribution in [3.8, 4) is 0 Å². The van der Waals surface area contributed by atoms with Crippen LogP contribution in [-0.4, -0.2) is 73.9 Å². The van der Waals surface area contributed by atoms with Crippen LogP contribution in [0, 0.1) is 0 Å². The van der Waals surface area contributed by atoms with Crippen LogP contribution in [0.25, 0.3) is 10.9 Å². The molecular weight excluding hydrogens is 598 g/mol. The summed E-state index contributed by atoms with van der Waals surface area (Å²) in [6.07, 6.45) is 8.24. The lowest BCUT2D eigenvalue weighted by molar-refractivity contribution is -0.247. The van der Waals surface area contributed by atoms with E-state index in [4.69, 9.17) is 4.84 Å². The molecule has 2 aromatic carbocycles. The predicted octanol–water partition coefficient (Wildman–Crippen LogP) is 3.69. The Morgan fingerprint density at radius 3 is 2.47 bits per heavy atom. The number of hydroxylamine groups is 2. The molecule has 4 aromatic rings.